The molecule has 1 saturated heterocycles. The van der Waals surface area contributed by atoms with Crippen LogP contribution < -0.4 is 5.73 Å². The van der Waals surface area contributed by atoms with E-state index in [2.05, 4.69) is 10.2 Å². The van der Waals surface area contributed by atoms with Gasteiger partial charge in [-0.3, -0.25) is 5.10 Å². The van der Waals surface area contributed by atoms with Crippen molar-refractivity contribution in [2.45, 2.75) is 24.3 Å². The zero-order valence-corrected chi connectivity index (χ0v) is 10.5. The predicted octanol–water partition coefficient (Wildman–Crippen LogP) is -0.138. The van der Waals surface area contributed by atoms with Gasteiger partial charge in [-0.25, -0.2) is 8.42 Å². The lowest BCUT2D eigenvalue weighted by Crippen LogP contribution is -2.32. The first-order chi connectivity index (χ1) is 7.01. The minimum atomic E-state index is -3.40. The van der Waals surface area contributed by atoms with Gasteiger partial charge in [0.05, 0.1) is 11.9 Å². The zero-order valence-electron chi connectivity index (χ0n) is 8.88. The summed E-state index contributed by atoms with van der Waals surface area (Å²) in [6.45, 7) is 2.58. The molecule has 16 heavy (non-hydrogen) atoms. The van der Waals surface area contributed by atoms with Gasteiger partial charge in [0.1, 0.15) is 4.90 Å². The van der Waals surface area contributed by atoms with Gasteiger partial charge >= 0.3 is 0 Å². The maximum Gasteiger partial charge on any atom is 0.246 e. The molecule has 0 radical (unpaired) electrons. The topological polar surface area (TPSA) is 92.1 Å². The van der Waals surface area contributed by atoms with Gasteiger partial charge in [0.25, 0.3) is 0 Å². The van der Waals surface area contributed by atoms with Crippen LogP contribution in [0.5, 0.6) is 0 Å². The molecular formula is C8H15ClN4O2S. The number of hydrogen-bond donors (Lipinski definition) is 2. The van der Waals surface area contributed by atoms with Crippen LogP contribution in [0.2, 0.25) is 0 Å². The van der Waals surface area contributed by atoms with Gasteiger partial charge in [-0.1, -0.05) is 0 Å². The monoisotopic (exact) mass is 266 g/mol. The standard InChI is InChI=1S/C8H14N4O2S.ClH/c1-6-8(4-10-11-6)15(13,14)12-3-2-7(9)5-12;/h4,7H,2-3,5,9H2,1H3,(H,10,11);1H/t7-;/m0./s1. The van der Waals surface area contributed by atoms with E-state index in [1.165, 1.54) is 10.5 Å². The first-order valence-electron chi connectivity index (χ1n) is 4.77. The van der Waals surface area contributed by atoms with Gasteiger partial charge in [-0.2, -0.15) is 9.40 Å². The highest BCUT2D eigenvalue weighted by Crippen LogP contribution is 2.21. The Kier molecular flexibility index (Phi) is 3.95. The van der Waals surface area contributed by atoms with Crippen LogP contribution in [0.1, 0.15) is 12.1 Å². The van der Waals surface area contributed by atoms with Crippen molar-refractivity contribution in [3.8, 4) is 0 Å². The molecule has 1 aliphatic heterocycles. The Balaban J connectivity index is 0.00000128. The van der Waals surface area contributed by atoms with E-state index < -0.39 is 10.0 Å². The second-order valence-electron chi connectivity index (χ2n) is 3.77. The summed E-state index contributed by atoms with van der Waals surface area (Å²) in [7, 11) is -3.40. The SMILES string of the molecule is Cc1[nH]ncc1S(=O)(=O)N1CC[C@H](N)C1.Cl. The molecular weight excluding hydrogens is 252 g/mol. The molecule has 2 heterocycles. The summed E-state index contributed by atoms with van der Waals surface area (Å²) in [4.78, 5) is 0.247. The minimum absolute atomic E-state index is 0. The molecule has 0 aromatic carbocycles. The number of sulfonamides is 1. The number of aryl methyl sites for hydroxylation is 1. The quantitative estimate of drug-likeness (QED) is 0.779. The van der Waals surface area contributed by atoms with Crippen LogP contribution in [-0.4, -0.2) is 42.1 Å². The third-order valence-corrected chi connectivity index (χ3v) is 4.57. The second-order valence-corrected chi connectivity index (χ2v) is 5.68. The first-order valence-corrected chi connectivity index (χ1v) is 6.21. The lowest BCUT2D eigenvalue weighted by atomic mass is 10.3. The van der Waals surface area contributed by atoms with Gasteiger partial charge in [-0.15, -0.1) is 12.4 Å². The highest BCUT2D eigenvalue weighted by molar-refractivity contribution is 7.89. The maximum atomic E-state index is 12.1. The summed E-state index contributed by atoms with van der Waals surface area (Å²) in [5.41, 5.74) is 6.25. The van der Waals surface area contributed by atoms with E-state index in [0.29, 0.717) is 18.8 Å². The number of nitrogens with zero attached hydrogens (tertiary/aromatic N) is 2. The summed E-state index contributed by atoms with van der Waals surface area (Å²) in [5, 5.41) is 6.34. The molecule has 1 aliphatic rings. The van der Waals surface area contributed by atoms with Crippen LogP contribution in [0, 0.1) is 6.92 Å². The fraction of sp³-hybridized carbons (Fsp3) is 0.625. The summed E-state index contributed by atoms with van der Waals surface area (Å²) in [6.07, 6.45) is 2.06. The van der Waals surface area contributed by atoms with E-state index in [-0.39, 0.29) is 23.3 Å². The largest absolute Gasteiger partial charge is 0.326 e. The average molecular weight is 267 g/mol. The molecule has 0 saturated carbocycles. The van der Waals surface area contributed by atoms with E-state index in [4.69, 9.17) is 5.73 Å². The Morgan fingerprint density at radius 2 is 2.31 bits per heavy atom. The van der Waals surface area contributed by atoms with Crippen molar-refractivity contribution >= 4 is 22.4 Å². The van der Waals surface area contributed by atoms with Crippen LogP contribution in [0.4, 0.5) is 0 Å². The lowest BCUT2D eigenvalue weighted by molar-refractivity contribution is 0.472. The Morgan fingerprint density at radius 1 is 1.62 bits per heavy atom. The van der Waals surface area contributed by atoms with Crippen LogP contribution in [0.3, 0.4) is 0 Å². The molecule has 0 aliphatic carbocycles. The average Bonchev–Trinajstić information content (AvgIpc) is 2.74. The number of rotatable bonds is 2. The Bertz CT molecular complexity index is 458. The summed E-state index contributed by atoms with van der Waals surface area (Å²) in [5.74, 6) is 0. The Morgan fingerprint density at radius 3 is 2.75 bits per heavy atom. The third-order valence-electron chi connectivity index (χ3n) is 2.59. The van der Waals surface area contributed by atoms with Gasteiger partial charge in [0, 0.05) is 19.1 Å². The number of nitrogens with two attached hydrogens (primary N) is 1. The summed E-state index contributed by atoms with van der Waals surface area (Å²) < 4.78 is 25.6. The van der Waals surface area contributed by atoms with Gasteiger partial charge in [0.15, 0.2) is 0 Å². The molecule has 6 nitrogen and oxygen atoms in total. The molecule has 0 spiro atoms. The molecule has 1 aromatic rings. The number of H-pyrrole nitrogens is 1. The number of nitrogens with one attached hydrogen (secondary N) is 1. The highest BCUT2D eigenvalue weighted by atomic mass is 35.5. The molecule has 1 fully saturated rings. The van der Waals surface area contributed by atoms with Crippen LogP contribution in [0.15, 0.2) is 11.1 Å². The molecule has 3 N–H and O–H groups in total. The van der Waals surface area contributed by atoms with Crippen molar-refractivity contribution in [3.63, 3.8) is 0 Å². The van der Waals surface area contributed by atoms with E-state index >= 15 is 0 Å². The van der Waals surface area contributed by atoms with Crippen LogP contribution >= 0.6 is 12.4 Å². The van der Waals surface area contributed by atoms with E-state index in [9.17, 15) is 8.42 Å². The Labute approximate surface area is 101 Å². The van der Waals surface area contributed by atoms with Crippen molar-refractivity contribution < 1.29 is 8.42 Å². The highest BCUT2D eigenvalue weighted by Gasteiger charge is 2.32. The number of aromatic nitrogens is 2. The minimum Gasteiger partial charge on any atom is -0.326 e. The predicted molar refractivity (Wildman–Crippen MR) is 61.9 cm³/mol. The van der Waals surface area contributed by atoms with E-state index in [0.717, 1.165) is 6.42 Å². The number of halogens is 1. The molecule has 92 valence electrons. The van der Waals surface area contributed by atoms with Crippen molar-refractivity contribution in [1.82, 2.24) is 14.5 Å². The fourth-order valence-electron chi connectivity index (χ4n) is 1.71. The molecule has 0 unspecified atom stereocenters. The van der Waals surface area contributed by atoms with Crippen molar-refractivity contribution in [1.29, 1.82) is 0 Å². The van der Waals surface area contributed by atoms with Crippen molar-refractivity contribution in [3.05, 3.63) is 11.9 Å². The van der Waals surface area contributed by atoms with Crippen molar-refractivity contribution in [2.24, 2.45) is 5.73 Å². The first kappa shape index (κ1) is 13.4. The Hall–Kier alpha value is -0.630. The van der Waals surface area contributed by atoms with Gasteiger partial charge in [-0.05, 0) is 13.3 Å². The molecule has 0 amide bonds. The van der Waals surface area contributed by atoms with Gasteiger partial charge in [0.2, 0.25) is 10.0 Å². The molecule has 0 bridgehead atoms. The zero-order chi connectivity index (χ0) is 11.1. The van der Waals surface area contributed by atoms with Crippen molar-refractivity contribution in [2.75, 3.05) is 13.1 Å². The van der Waals surface area contributed by atoms with Crippen LogP contribution in [-0.2, 0) is 10.0 Å². The van der Waals surface area contributed by atoms with Gasteiger partial charge < -0.3 is 5.73 Å². The maximum absolute atomic E-state index is 12.1. The van der Waals surface area contributed by atoms with E-state index in [1.807, 2.05) is 0 Å². The number of hydrogen-bond acceptors (Lipinski definition) is 4. The smallest absolute Gasteiger partial charge is 0.246 e. The molecule has 2 rings (SSSR count). The van der Waals surface area contributed by atoms with E-state index in [1.54, 1.807) is 6.92 Å². The second kappa shape index (κ2) is 4.70. The van der Waals surface area contributed by atoms with Crippen LogP contribution in [0.25, 0.3) is 0 Å². The fourth-order valence-corrected chi connectivity index (χ4v) is 3.34. The molecule has 1 aromatic heterocycles. The third kappa shape index (κ3) is 2.22. The summed E-state index contributed by atoms with van der Waals surface area (Å²) in [6, 6.07) is -0.0491. The lowest BCUT2D eigenvalue weighted by Gasteiger charge is -2.14. The molecule has 8 heteroatoms. The normalized spacial score (nSPS) is 22.0. The summed E-state index contributed by atoms with van der Waals surface area (Å²) >= 11 is 0. The number of aromatic amines is 1. The molecule has 1 atom stereocenters.